The normalized spacial score (nSPS) is 27.7. The number of nitrogens with zero attached hydrogens (tertiary/aromatic N) is 2. The molecule has 1 saturated carbocycles. The van der Waals surface area contributed by atoms with Crippen LogP contribution in [0.25, 0.3) is 0 Å². The third-order valence-corrected chi connectivity index (χ3v) is 5.41. The van der Waals surface area contributed by atoms with Crippen LogP contribution in [0.5, 0.6) is 0 Å². The summed E-state index contributed by atoms with van der Waals surface area (Å²) >= 11 is 0. The zero-order valence-electron chi connectivity index (χ0n) is 14.6. The monoisotopic (exact) mass is 318 g/mol. The quantitative estimate of drug-likeness (QED) is 0.895. The summed E-state index contributed by atoms with van der Waals surface area (Å²) in [6.07, 6.45) is 7.29. The topological polar surface area (TPSA) is 72.9 Å². The summed E-state index contributed by atoms with van der Waals surface area (Å²) in [5.41, 5.74) is 7.02. The summed E-state index contributed by atoms with van der Waals surface area (Å²) in [5.74, 6) is 1.85. The van der Waals surface area contributed by atoms with Gasteiger partial charge in [-0.15, -0.1) is 0 Å². The molecule has 5 nitrogen and oxygen atoms in total. The molecular weight excluding hydrogens is 288 g/mol. The van der Waals surface area contributed by atoms with E-state index in [-0.39, 0.29) is 23.3 Å². The molecule has 0 saturated heterocycles. The van der Waals surface area contributed by atoms with E-state index >= 15 is 0 Å². The fourth-order valence-electron chi connectivity index (χ4n) is 3.90. The summed E-state index contributed by atoms with van der Waals surface area (Å²) in [7, 11) is 0. The second-order valence-electron chi connectivity index (χ2n) is 8.22. The molecule has 128 valence electrons. The molecule has 1 aromatic rings. The first-order chi connectivity index (χ1) is 10.9. The minimum atomic E-state index is 0.0707. The highest BCUT2D eigenvalue weighted by molar-refractivity contribution is 5.79. The average molecular weight is 318 g/mol. The van der Waals surface area contributed by atoms with Crippen molar-refractivity contribution in [3.8, 4) is 0 Å². The predicted molar refractivity (Wildman–Crippen MR) is 91.1 cm³/mol. The number of amides is 1. The van der Waals surface area contributed by atoms with Crippen LogP contribution in [0.15, 0.2) is 6.20 Å². The van der Waals surface area contributed by atoms with Gasteiger partial charge in [0.15, 0.2) is 0 Å². The number of imidazole rings is 1. The minimum absolute atomic E-state index is 0.0707. The lowest BCUT2D eigenvalue weighted by Crippen LogP contribution is -2.44. The van der Waals surface area contributed by atoms with Crippen molar-refractivity contribution >= 4 is 5.91 Å². The van der Waals surface area contributed by atoms with E-state index in [9.17, 15) is 4.79 Å². The van der Waals surface area contributed by atoms with E-state index in [0.29, 0.717) is 12.5 Å². The standard InChI is InChI=1S/C18H30N4O/c1-18(2,3)15-11-22-10-13(7-8-16(22)21-15)20-17(23)14-6-4-5-12(14)9-19/h11-14H,4-10,19H2,1-3H3,(H,20,23)/t12-,13?,14-/m1/s1. The van der Waals surface area contributed by atoms with Gasteiger partial charge in [0.1, 0.15) is 5.82 Å². The van der Waals surface area contributed by atoms with Gasteiger partial charge in [0, 0.05) is 36.5 Å². The van der Waals surface area contributed by atoms with E-state index in [4.69, 9.17) is 10.7 Å². The van der Waals surface area contributed by atoms with Crippen molar-refractivity contribution in [3.05, 3.63) is 17.7 Å². The van der Waals surface area contributed by atoms with Gasteiger partial charge >= 0.3 is 0 Å². The van der Waals surface area contributed by atoms with E-state index in [1.165, 1.54) is 0 Å². The maximum absolute atomic E-state index is 12.6. The summed E-state index contributed by atoms with van der Waals surface area (Å²) < 4.78 is 2.23. The first kappa shape index (κ1) is 16.5. The Kier molecular flexibility index (Phi) is 4.50. The highest BCUT2D eigenvalue weighted by Crippen LogP contribution is 2.31. The van der Waals surface area contributed by atoms with Crippen LogP contribution in [0.3, 0.4) is 0 Å². The third-order valence-electron chi connectivity index (χ3n) is 5.41. The average Bonchev–Trinajstić information content (AvgIpc) is 3.12. The molecule has 0 aromatic carbocycles. The molecule has 1 unspecified atom stereocenters. The molecule has 0 bridgehead atoms. The lowest BCUT2D eigenvalue weighted by atomic mass is 9.93. The van der Waals surface area contributed by atoms with E-state index < -0.39 is 0 Å². The van der Waals surface area contributed by atoms with Crippen molar-refractivity contribution in [2.45, 2.75) is 70.9 Å². The number of aromatic nitrogens is 2. The number of hydrogen-bond donors (Lipinski definition) is 2. The molecule has 2 aliphatic rings. The van der Waals surface area contributed by atoms with Crippen LogP contribution in [0.1, 0.15) is 58.0 Å². The first-order valence-electron chi connectivity index (χ1n) is 8.95. The Balaban J connectivity index is 1.63. The number of hydrogen-bond acceptors (Lipinski definition) is 3. The fraction of sp³-hybridized carbons (Fsp3) is 0.778. The highest BCUT2D eigenvalue weighted by Gasteiger charge is 2.33. The van der Waals surface area contributed by atoms with Crippen LogP contribution in [0, 0.1) is 11.8 Å². The lowest BCUT2D eigenvalue weighted by Gasteiger charge is -2.27. The SMILES string of the molecule is CC(C)(C)c1cn2c(n1)CCC(NC(=O)[C@@H]1CCC[C@@H]1CN)C2. The third kappa shape index (κ3) is 3.44. The number of carbonyl (C=O) groups excluding carboxylic acids is 1. The van der Waals surface area contributed by atoms with E-state index in [0.717, 1.165) is 50.2 Å². The van der Waals surface area contributed by atoms with Crippen molar-refractivity contribution < 1.29 is 4.79 Å². The van der Waals surface area contributed by atoms with Gasteiger partial charge in [0.05, 0.1) is 5.69 Å². The van der Waals surface area contributed by atoms with E-state index in [1.54, 1.807) is 0 Å². The predicted octanol–water partition coefficient (Wildman–Crippen LogP) is 1.99. The molecule has 1 aliphatic carbocycles. The van der Waals surface area contributed by atoms with Crippen LogP contribution in [0.4, 0.5) is 0 Å². The number of nitrogens with two attached hydrogens (primary N) is 1. The first-order valence-corrected chi connectivity index (χ1v) is 8.95. The van der Waals surface area contributed by atoms with Crippen LogP contribution >= 0.6 is 0 Å². The molecule has 23 heavy (non-hydrogen) atoms. The van der Waals surface area contributed by atoms with Crippen molar-refractivity contribution in [2.75, 3.05) is 6.54 Å². The molecule has 1 amide bonds. The highest BCUT2D eigenvalue weighted by atomic mass is 16.2. The van der Waals surface area contributed by atoms with E-state index in [2.05, 4.69) is 36.9 Å². The molecule has 5 heteroatoms. The van der Waals surface area contributed by atoms with Gasteiger partial charge in [0.25, 0.3) is 0 Å². The molecule has 1 fully saturated rings. The van der Waals surface area contributed by atoms with Crippen molar-refractivity contribution in [1.29, 1.82) is 0 Å². The summed E-state index contributed by atoms with van der Waals surface area (Å²) in [5, 5.41) is 3.27. The van der Waals surface area contributed by atoms with Gasteiger partial charge in [-0.25, -0.2) is 4.98 Å². The Morgan fingerprint density at radius 3 is 2.87 bits per heavy atom. The zero-order valence-corrected chi connectivity index (χ0v) is 14.6. The molecule has 1 aromatic heterocycles. The van der Waals surface area contributed by atoms with Gasteiger partial charge in [0.2, 0.25) is 5.91 Å². The maximum Gasteiger partial charge on any atom is 0.223 e. The van der Waals surface area contributed by atoms with E-state index in [1.807, 2.05) is 0 Å². The van der Waals surface area contributed by atoms with Gasteiger partial charge < -0.3 is 15.6 Å². The van der Waals surface area contributed by atoms with Crippen LogP contribution in [-0.4, -0.2) is 28.0 Å². The second-order valence-corrected chi connectivity index (χ2v) is 8.22. The number of aryl methyl sites for hydroxylation is 1. The van der Waals surface area contributed by atoms with Crippen molar-refractivity contribution in [1.82, 2.24) is 14.9 Å². The summed E-state index contributed by atoms with van der Waals surface area (Å²) in [6.45, 7) is 8.03. The Morgan fingerprint density at radius 1 is 1.39 bits per heavy atom. The minimum Gasteiger partial charge on any atom is -0.351 e. The Labute approximate surface area is 139 Å². The van der Waals surface area contributed by atoms with Crippen LogP contribution < -0.4 is 11.1 Å². The number of rotatable bonds is 3. The zero-order chi connectivity index (χ0) is 16.6. The second kappa shape index (κ2) is 6.27. The Bertz CT molecular complexity index is 572. The molecule has 3 atom stereocenters. The maximum atomic E-state index is 12.6. The Morgan fingerprint density at radius 2 is 2.17 bits per heavy atom. The van der Waals surface area contributed by atoms with Crippen LogP contribution in [0.2, 0.25) is 0 Å². The smallest absolute Gasteiger partial charge is 0.223 e. The Hall–Kier alpha value is -1.36. The molecule has 0 spiro atoms. The van der Waals surface area contributed by atoms with Gasteiger partial charge in [-0.1, -0.05) is 27.2 Å². The van der Waals surface area contributed by atoms with Gasteiger partial charge in [-0.2, -0.15) is 0 Å². The molecule has 3 N–H and O–H groups in total. The molecule has 3 rings (SSSR count). The lowest BCUT2D eigenvalue weighted by molar-refractivity contribution is -0.126. The van der Waals surface area contributed by atoms with Gasteiger partial charge in [-0.05, 0) is 31.7 Å². The largest absolute Gasteiger partial charge is 0.351 e. The number of carbonyl (C=O) groups is 1. The molecule has 2 heterocycles. The summed E-state index contributed by atoms with van der Waals surface area (Å²) in [4.78, 5) is 17.3. The summed E-state index contributed by atoms with van der Waals surface area (Å²) in [6, 6.07) is 0.219. The molecular formula is C18H30N4O. The van der Waals surface area contributed by atoms with Crippen LogP contribution in [-0.2, 0) is 23.2 Å². The van der Waals surface area contributed by atoms with Crippen molar-refractivity contribution in [2.24, 2.45) is 17.6 Å². The molecule has 0 radical (unpaired) electrons. The van der Waals surface area contributed by atoms with Crippen molar-refractivity contribution in [3.63, 3.8) is 0 Å². The molecule has 1 aliphatic heterocycles. The number of fused-ring (bicyclic) bond motifs is 1. The fourth-order valence-corrected chi connectivity index (χ4v) is 3.90. The van der Waals surface area contributed by atoms with Gasteiger partial charge in [-0.3, -0.25) is 4.79 Å². The number of nitrogens with one attached hydrogen (secondary N) is 1.